The van der Waals surface area contributed by atoms with Gasteiger partial charge in [-0.05, 0) is 86.5 Å². The molecule has 3 aromatic rings. The smallest absolute Gasteiger partial charge is 0.255 e. The predicted molar refractivity (Wildman–Crippen MR) is 122 cm³/mol. The fraction of sp³-hybridized carbons (Fsp3) is 0.208. The number of carbonyl (C=O) groups is 1. The first-order valence-electron chi connectivity index (χ1n) is 9.59. The fourth-order valence-electron chi connectivity index (χ4n) is 2.96. The Balaban J connectivity index is 1.80. The molecule has 0 saturated carbocycles. The minimum atomic E-state index is -0.216. The van der Waals surface area contributed by atoms with Gasteiger partial charge in [-0.25, -0.2) is 0 Å². The Labute approximate surface area is 186 Å². The van der Waals surface area contributed by atoms with Gasteiger partial charge in [-0.2, -0.15) is 0 Å². The van der Waals surface area contributed by atoms with Gasteiger partial charge in [-0.3, -0.25) is 4.79 Å². The van der Waals surface area contributed by atoms with E-state index in [9.17, 15) is 4.79 Å². The van der Waals surface area contributed by atoms with Crippen LogP contribution in [0, 0.1) is 13.8 Å². The number of amides is 1. The molecular formula is C24H23Cl2NO3. The highest BCUT2D eigenvalue weighted by Gasteiger charge is 2.13. The van der Waals surface area contributed by atoms with Gasteiger partial charge in [0.05, 0.1) is 6.61 Å². The van der Waals surface area contributed by atoms with Crippen LogP contribution in [0.3, 0.4) is 0 Å². The molecule has 30 heavy (non-hydrogen) atoms. The molecule has 0 saturated heterocycles. The highest BCUT2D eigenvalue weighted by molar-refractivity contribution is 6.31. The first kappa shape index (κ1) is 22.0. The molecule has 0 radical (unpaired) electrons. The van der Waals surface area contributed by atoms with E-state index >= 15 is 0 Å². The van der Waals surface area contributed by atoms with Gasteiger partial charge < -0.3 is 14.8 Å². The molecule has 0 aliphatic heterocycles. The van der Waals surface area contributed by atoms with Crippen molar-refractivity contribution in [1.29, 1.82) is 0 Å². The van der Waals surface area contributed by atoms with Gasteiger partial charge in [0.25, 0.3) is 5.91 Å². The van der Waals surface area contributed by atoms with E-state index in [-0.39, 0.29) is 12.5 Å². The zero-order valence-electron chi connectivity index (χ0n) is 17.1. The highest BCUT2D eigenvalue weighted by atomic mass is 35.5. The lowest BCUT2D eigenvalue weighted by Crippen LogP contribution is -2.14. The lowest BCUT2D eigenvalue weighted by Gasteiger charge is -2.14. The van der Waals surface area contributed by atoms with Crippen LogP contribution in [0.5, 0.6) is 11.5 Å². The number of hydrogen-bond acceptors (Lipinski definition) is 3. The van der Waals surface area contributed by atoms with Crippen molar-refractivity contribution in [1.82, 2.24) is 0 Å². The standard InChI is InChI=1S/C24H23Cl2NO3/c1-4-29-23-10-5-17(24(28)27-22-9-6-19(25)11-16(22)3)13-18(23)14-30-20-7-8-21(26)15(2)12-20/h5-13H,4,14H2,1-3H3,(H,27,28). The van der Waals surface area contributed by atoms with E-state index in [2.05, 4.69) is 5.32 Å². The van der Waals surface area contributed by atoms with Crippen molar-refractivity contribution >= 4 is 34.8 Å². The van der Waals surface area contributed by atoms with E-state index < -0.39 is 0 Å². The van der Waals surface area contributed by atoms with Crippen LogP contribution in [0.15, 0.2) is 54.6 Å². The van der Waals surface area contributed by atoms with E-state index in [1.807, 2.05) is 39.0 Å². The maximum atomic E-state index is 12.8. The summed E-state index contributed by atoms with van der Waals surface area (Å²) >= 11 is 12.1. The number of hydrogen-bond donors (Lipinski definition) is 1. The molecular weight excluding hydrogens is 421 g/mol. The van der Waals surface area contributed by atoms with Crippen LogP contribution in [0.25, 0.3) is 0 Å². The monoisotopic (exact) mass is 443 g/mol. The van der Waals surface area contributed by atoms with Gasteiger partial charge in [0.1, 0.15) is 18.1 Å². The molecule has 3 aromatic carbocycles. The van der Waals surface area contributed by atoms with Crippen LogP contribution in [0.4, 0.5) is 5.69 Å². The summed E-state index contributed by atoms with van der Waals surface area (Å²) in [5.41, 5.74) is 3.84. The van der Waals surface area contributed by atoms with Gasteiger partial charge in [-0.15, -0.1) is 0 Å². The SMILES string of the molecule is CCOc1ccc(C(=O)Nc2ccc(Cl)cc2C)cc1COc1ccc(Cl)c(C)c1. The van der Waals surface area contributed by atoms with Crippen LogP contribution in [0.1, 0.15) is 34.0 Å². The van der Waals surface area contributed by atoms with Crippen molar-refractivity contribution in [2.24, 2.45) is 0 Å². The van der Waals surface area contributed by atoms with Gasteiger partial charge >= 0.3 is 0 Å². The van der Waals surface area contributed by atoms with Crippen LogP contribution >= 0.6 is 23.2 Å². The summed E-state index contributed by atoms with van der Waals surface area (Å²) in [6, 6.07) is 16.1. The Morgan fingerprint density at radius 2 is 1.73 bits per heavy atom. The lowest BCUT2D eigenvalue weighted by molar-refractivity contribution is 0.102. The number of anilines is 1. The summed E-state index contributed by atoms with van der Waals surface area (Å²) in [6.07, 6.45) is 0. The molecule has 4 nitrogen and oxygen atoms in total. The quantitative estimate of drug-likeness (QED) is 0.434. The summed E-state index contributed by atoms with van der Waals surface area (Å²) in [4.78, 5) is 12.8. The average Bonchev–Trinajstić information content (AvgIpc) is 2.72. The Hall–Kier alpha value is -2.69. The summed E-state index contributed by atoms with van der Waals surface area (Å²) in [7, 11) is 0. The molecule has 3 rings (SSSR count). The zero-order chi connectivity index (χ0) is 21.7. The minimum Gasteiger partial charge on any atom is -0.493 e. The second-order valence-electron chi connectivity index (χ2n) is 6.87. The molecule has 0 bridgehead atoms. The second-order valence-corrected chi connectivity index (χ2v) is 7.71. The first-order chi connectivity index (χ1) is 14.4. The maximum Gasteiger partial charge on any atom is 0.255 e. The van der Waals surface area contributed by atoms with Crippen molar-refractivity contribution in [2.45, 2.75) is 27.4 Å². The number of halogens is 2. The molecule has 0 aromatic heterocycles. The Morgan fingerprint density at radius 3 is 2.43 bits per heavy atom. The normalized spacial score (nSPS) is 10.6. The molecule has 156 valence electrons. The topological polar surface area (TPSA) is 47.6 Å². The number of benzene rings is 3. The molecule has 0 heterocycles. The summed E-state index contributed by atoms with van der Waals surface area (Å²) < 4.78 is 11.6. The van der Waals surface area contributed by atoms with Crippen molar-refractivity contribution in [2.75, 3.05) is 11.9 Å². The molecule has 0 fully saturated rings. The molecule has 0 aliphatic rings. The van der Waals surface area contributed by atoms with E-state index in [0.717, 1.165) is 16.7 Å². The first-order valence-corrected chi connectivity index (χ1v) is 10.3. The minimum absolute atomic E-state index is 0.216. The number of aryl methyl sites for hydroxylation is 2. The van der Waals surface area contributed by atoms with Gasteiger partial charge in [0, 0.05) is 26.9 Å². The predicted octanol–water partition coefficient (Wildman–Crippen LogP) is 6.84. The summed E-state index contributed by atoms with van der Waals surface area (Å²) in [6.45, 7) is 6.51. The largest absolute Gasteiger partial charge is 0.493 e. The molecule has 6 heteroatoms. The van der Waals surface area contributed by atoms with Crippen LogP contribution < -0.4 is 14.8 Å². The summed E-state index contributed by atoms with van der Waals surface area (Å²) in [5.74, 6) is 1.17. The molecule has 1 N–H and O–H groups in total. The third kappa shape index (κ3) is 5.47. The van der Waals surface area contributed by atoms with Gasteiger partial charge in [-0.1, -0.05) is 23.2 Å². The third-order valence-electron chi connectivity index (χ3n) is 4.58. The highest BCUT2D eigenvalue weighted by Crippen LogP contribution is 2.26. The third-order valence-corrected chi connectivity index (χ3v) is 5.24. The van der Waals surface area contributed by atoms with Crippen molar-refractivity contribution < 1.29 is 14.3 Å². The Bertz CT molecular complexity index is 1070. The summed E-state index contributed by atoms with van der Waals surface area (Å²) in [5, 5.41) is 4.24. The van der Waals surface area contributed by atoms with E-state index in [4.69, 9.17) is 32.7 Å². The van der Waals surface area contributed by atoms with Crippen molar-refractivity contribution in [3.05, 3.63) is 86.9 Å². The Kier molecular flexibility index (Phi) is 7.24. The van der Waals surface area contributed by atoms with Crippen LogP contribution in [-0.2, 0) is 6.61 Å². The van der Waals surface area contributed by atoms with Gasteiger partial charge in [0.2, 0.25) is 0 Å². The molecule has 0 aliphatic carbocycles. The van der Waals surface area contributed by atoms with E-state index in [1.54, 1.807) is 36.4 Å². The number of rotatable bonds is 7. The molecule has 0 unspecified atom stereocenters. The lowest BCUT2D eigenvalue weighted by atomic mass is 10.1. The molecule has 0 atom stereocenters. The van der Waals surface area contributed by atoms with Crippen molar-refractivity contribution in [3.8, 4) is 11.5 Å². The fourth-order valence-corrected chi connectivity index (χ4v) is 3.30. The number of nitrogens with one attached hydrogen (secondary N) is 1. The maximum absolute atomic E-state index is 12.8. The molecule has 1 amide bonds. The van der Waals surface area contributed by atoms with E-state index in [1.165, 1.54) is 0 Å². The van der Waals surface area contributed by atoms with Gasteiger partial charge in [0.15, 0.2) is 0 Å². The van der Waals surface area contributed by atoms with Crippen LogP contribution in [0.2, 0.25) is 10.0 Å². The average molecular weight is 444 g/mol. The van der Waals surface area contributed by atoms with E-state index in [0.29, 0.717) is 39.4 Å². The molecule has 0 spiro atoms. The number of carbonyl (C=O) groups excluding carboxylic acids is 1. The zero-order valence-corrected chi connectivity index (χ0v) is 18.6. The Morgan fingerprint density at radius 1 is 0.933 bits per heavy atom. The van der Waals surface area contributed by atoms with Crippen molar-refractivity contribution in [3.63, 3.8) is 0 Å². The van der Waals surface area contributed by atoms with Crippen LogP contribution in [-0.4, -0.2) is 12.5 Å². The second kappa shape index (κ2) is 9.88. The number of ether oxygens (including phenoxy) is 2.